The minimum atomic E-state index is -2.34. The van der Waals surface area contributed by atoms with E-state index >= 15 is 0 Å². The van der Waals surface area contributed by atoms with Crippen LogP contribution in [-0.2, 0) is 9.47 Å². The Morgan fingerprint density at radius 3 is 2.78 bits per heavy atom. The Hall–Kier alpha value is -1.24. The van der Waals surface area contributed by atoms with E-state index in [4.69, 9.17) is 0 Å². The maximum Gasteiger partial charge on any atom is 0.512 e. The summed E-state index contributed by atoms with van der Waals surface area (Å²) in [6.07, 6.45) is 3.59. The molecule has 1 heterocycles. The second kappa shape index (κ2) is 1.62. The van der Waals surface area contributed by atoms with Crippen LogP contribution in [0.2, 0.25) is 0 Å². The minimum Gasteiger partial charge on any atom is -0.426 e. The van der Waals surface area contributed by atoms with Gasteiger partial charge in [-0.2, -0.15) is 4.39 Å². The van der Waals surface area contributed by atoms with Crippen molar-refractivity contribution in [2.24, 2.45) is 0 Å². The molecule has 1 saturated heterocycles. The predicted molar refractivity (Wildman–Crippen MR) is 25.1 cm³/mol. The molecule has 1 atom stereocenters. The van der Waals surface area contributed by atoms with Crippen molar-refractivity contribution in [1.82, 2.24) is 0 Å². The van der Waals surface area contributed by atoms with Gasteiger partial charge in [-0.15, -0.1) is 6.42 Å². The number of carbonyl (C=O) groups is 1. The van der Waals surface area contributed by atoms with Gasteiger partial charge in [-0.1, -0.05) is 0 Å². The van der Waals surface area contributed by atoms with Gasteiger partial charge < -0.3 is 9.47 Å². The van der Waals surface area contributed by atoms with Crippen molar-refractivity contribution in [2.75, 3.05) is 6.61 Å². The molecule has 0 bridgehead atoms. The molecule has 1 aliphatic heterocycles. The number of hydrogen-bond acceptors (Lipinski definition) is 3. The number of terminal acetylenes is 1. The van der Waals surface area contributed by atoms with Crippen LogP contribution in [0.1, 0.15) is 0 Å². The Kier molecular flexibility index (Phi) is 1.06. The number of ether oxygens (including phenoxy) is 2. The number of alkyl halides is 1. The first-order chi connectivity index (χ1) is 4.16. The average molecular weight is 130 g/mol. The zero-order valence-corrected chi connectivity index (χ0v) is 4.39. The highest BCUT2D eigenvalue weighted by molar-refractivity contribution is 5.63. The molecule has 48 valence electrons. The predicted octanol–water partition coefficient (Wildman–Crippen LogP) is 0.452. The fraction of sp³-hybridized carbons (Fsp3) is 0.400. The first-order valence-corrected chi connectivity index (χ1v) is 2.19. The van der Waals surface area contributed by atoms with Gasteiger partial charge in [-0.3, -0.25) is 0 Å². The summed E-state index contributed by atoms with van der Waals surface area (Å²) in [6, 6.07) is 0. The molecule has 4 heteroatoms. The van der Waals surface area contributed by atoms with Gasteiger partial charge in [0.25, 0.3) is 0 Å². The highest BCUT2D eigenvalue weighted by Crippen LogP contribution is 2.19. The van der Waals surface area contributed by atoms with E-state index < -0.39 is 18.6 Å². The molecule has 0 N–H and O–H groups in total. The van der Waals surface area contributed by atoms with Gasteiger partial charge in [-0.25, -0.2) is 4.79 Å². The van der Waals surface area contributed by atoms with Crippen molar-refractivity contribution in [3.8, 4) is 12.3 Å². The molecule has 1 rings (SSSR count). The van der Waals surface area contributed by atoms with Crippen LogP contribution in [0.15, 0.2) is 0 Å². The first-order valence-electron chi connectivity index (χ1n) is 2.19. The summed E-state index contributed by atoms with van der Waals surface area (Å²) in [6.45, 7) is -0.512. The molecule has 0 aliphatic carbocycles. The molecule has 1 fully saturated rings. The lowest BCUT2D eigenvalue weighted by molar-refractivity contribution is -0.00522. The molecule has 0 spiro atoms. The van der Waals surface area contributed by atoms with Crippen molar-refractivity contribution in [3.63, 3.8) is 0 Å². The molecular weight excluding hydrogens is 127 g/mol. The van der Waals surface area contributed by atoms with E-state index in [1.165, 1.54) is 0 Å². The number of halogens is 1. The van der Waals surface area contributed by atoms with Gasteiger partial charge in [-0.05, 0) is 5.92 Å². The maximum absolute atomic E-state index is 12.5. The normalized spacial score (nSPS) is 32.7. The Morgan fingerprint density at radius 1 is 1.89 bits per heavy atom. The molecule has 3 nitrogen and oxygen atoms in total. The second-order valence-electron chi connectivity index (χ2n) is 1.51. The van der Waals surface area contributed by atoms with Crippen LogP contribution >= 0.6 is 0 Å². The lowest BCUT2D eigenvalue weighted by atomic mass is 10.4. The van der Waals surface area contributed by atoms with Crippen LogP contribution in [0.5, 0.6) is 0 Å². The summed E-state index contributed by atoms with van der Waals surface area (Å²) in [5.41, 5.74) is 0. The molecule has 0 aromatic heterocycles. The molecule has 0 aromatic carbocycles. The Morgan fingerprint density at radius 2 is 2.56 bits per heavy atom. The Balaban J connectivity index is 2.68. The zero-order chi connectivity index (χ0) is 6.91. The van der Waals surface area contributed by atoms with Crippen molar-refractivity contribution >= 4 is 6.16 Å². The maximum atomic E-state index is 12.5. The van der Waals surface area contributed by atoms with E-state index in [1.807, 2.05) is 0 Å². The highest BCUT2D eigenvalue weighted by atomic mass is 19.2. The largest absolute Gasteiger partial charge is 0.512 e. The summed E-state index contributed by atoms with van der Waals surface area (Å²) in [4.78, 5) is 10.0. The molecular formula is C5H3FO3. The minimum absolute atomic E-state index is 0.512. The third-order valence-electron chi connectivity index (χ3n) is 0.836. The van der Waals surface area contributed by atoms with Crippen LogP contribution < -0.4 is 0 Å². The smallest absolute Gasteiger partial charge is 0.426 e. The number of rotatable bonds is 0. The molecule has 1 unspecified atom stereocenters. The van der Waals surface area contributed by atoms with Crippen LogP contribution in [0, 0.1) is 12.3 Å². The third kappa shape index (κ3) is 0.941. The lowest BCUT2D eigenvalue weighted by Gasteiger charge is -2.03. The van der Waals surface area contributed by atoms with E-state index in [1.54, 1.807) is 5.92 Å². The molecule has 0 saturated carbocycles. The fourth-order valence-corrected chi connectivity index (χ4v) is 0.414. The summed E-state index contributed by atoms with van der Waals surface area (Å²) < 4.78 is 20.5. The van der Waals surface area contributed by atoms with Gasteiger partial charge in [0.2, 0.25) is 0 Å². The lowest BCUT2D eigenvalue weighted by Crippen LogP contribution is -2.22. The van der Waals surface area contributed by atoms with Crippen LogP contribution in [0.3, 0.4) is 0 Å². The zero-order valence-electron chi connectivity index (χ0n) is 4.39. The SMILES string of the molecule is C#CC1(F)COC(=O)O1. The molecule has 9 heavy (non-hydrogen) atoms. The van der Waals surface area contributed by atoms with Gasteiger partial charge in [0.15, 0.2) is 6.61 Å². The summed E-state index contributed by atoms with van der Waals surface area (Å²) in [7, 11) is 0. The van der Waals surface area contributed by atoms with E-state index in [2.05, 4.69) is 15.9 Å². The number of cyclic esters (lactones) is 2. The van der Waals surface area contributed by atoms with Gasteiger partial charge in [0, 0.05) is 0 Å². The van der Waals surface area contributed by atoms with Crippen molar-refractivity contribution in [3.05, 3.63) is 0 Å². The van der Waals surface area contributed by atoms with Crippen LogP contribution in [0.4, 0.5) is 9.18 Å². The van der Waals surface area contributed by atoms with Crippen LogP contribution in [-0.4, -0.2) is 18.6 Å². The average Bonchev–Trinajstić information content (AvgIpc) is 2.13. The molecule has 1 aliphatic rings. The quantitative estimate of drug-likeness (QED) is 0.353. The summed E-state index contributed by atoms with van der Waals surface area (Å²) >= 11 is 0. The first kappa shape index (κ1) is 5.89. The molecule has 0 amide bonds. The second-order valence-corrected chi connectivity index (χ2v) is 1.51. The van der Waals surface area contributed by atoms with Crippen molar-refractivity contribution in [2.45, 2.75) is 5.85 Å². The highest BCUT2D eigenvalue weighted by Gasteiger charge is 2.40. The van der Waals surface area contributed by atoms with E-state index in [9.17, 15) is 9.18 Å². The monoisotopic (exact) mass is 130 g/mol. The number of hydrogen-bond donors (Lipinski definition) is 0. The Labute approximate surface area is 50.7 Å². The third-order valence-corrected chi connectivity index (χ3v) is 0.836. The van der Waals surface area contributed by atoms with Gasteiger partial charge in [0.1, 0.15) is 0 Å². The number of carbonyl (C=O) groups excluding carboxylic acids is 1. The van der Waals surface area contributed by atoms with Gasteiger partial charge in [0.05, 0.1) is 0 Å². The topological polar surface area (TPSA) is 35.5 Å². The molecule has 0 aromatic rings. The van der Waals surface area contributed by atoms with E-state index in [0.29, 0.717) is 0 Å². The van der Waals surface area contributed by atoms with Crippen molar-refractivity contribution in [1.29, 1.82) is 0 Å². The molecule has 0 radical (unpaired) electrons. The summed E-state index contributed by atoms with van der Waals surface area (Å²) in [5.74, 6) is -0.700. The van der Waals surface area contributed by atoms with Crippen molar-refractivity contribution < 1.29 is 18.7 Å². The van der Waals surface area contributed by atoms with Gasteiger partial charge >= 0.3 is 12.0 Å². The summed E-state index contributed by atoms with van der Waals surface area (Å²) in [5, 5.41) is 0. The Bertz CT molecular complexity index is 183. The van der Waals surface area contributed by atoms with E-state index in [0.717, 1.165) is 0 Å². The standard InChI is InChI=1S/C5H3FO3/c1-2-5(6)3-8-4(7)9-5/h1H,3H2. The van der Waals surface area contributed by atoms with Crippen LogP contribution in [0.25, 0.3) is 0 Å². The van der Waals surface area contributed by atoms with E-state index in [-0.39, 0.29) is 0 Å². The fourth-order valence-electron chi connectivity index (χ4n) is 0.414.